The molecule has 3 heterocycles. The van der Waals surface area contributed by atoms with Crippen LogP contribution in [-0.4, -0.2) is 60.6 Å². The Hall–Kier alpha value is -0.610. The molecule has 0 bridgehead atoms. The van der Waals surface area contributed by atoms with E-state index in [4.69, 9.17) is 10.1 Å². The van der Waals surface area contributed by atoms with Gasteiger partial charge in [0, 0.05) is 25.7 Å². The fourth-order valence-corrected chi connectivity index (χ4v) is 3.14. The molecule has 1 N–H and O–H groups in total. The first-order valence-corrected chi connectivity index (χ1v) is 6.53. The maximum absolute atomic E-state index is 8.21. The molecule has 3 aliphatic heterocycles. The van der Waals surface area contributed by atoms with Gasteiger partial charge < -0.3 is 9.64 Å². The highest BCUT2D eigenvalue weighted by Crippen LogP contribution is 2.24. The van der Waals surface area contributed by atoms with Crippen molar-refractivity contribution >= 4 is 5.84 Å². The SMILES string of the molecule is N=C(C1CN2CCCC2CO1)N1CCCC1. The monoisotopic (exact) mass is 223 g/mol. The summed E-state index contributed by atoms with van der Waals surface area (Å²) < 4.78 is 5.86. The van der Waals surface area contributed by atoms with Crippen LogP contribution in [0.1, 0.15) is 25.7 Å². The van der Waals surface area contributed by atoms with E-state index in [1.807, 2.05) is 0 Å². The molecule has 3 rings (SSSR count). The number of hydrogen-bond acceptors (Lipinski definition) is 3. The Morgan fingerprint density at radius 3 is 2.75 bits per heavy atom. The highest BCUT2D eigenvalue weighted by atomic mass is 16.5. The number of nitrogens with one attached hydrogen (secondary N) is 1. The van der Waals surface area contributed by atoms with Crippen LogP contribution in [0.5, 0.6) is 0 Å². The molecular formula is C12H21N3O. The zero-order valence-electron chi connectivity index (χ0n) is 9.82. The molecule has 0 spiro atoms. The fraction of sp³-hybridized carbons (Fsp3) is 0.917. The van der Waals surface area contributed by atoms with Gasteiger partial charge in [-0.15, -0.1) is 0 Å². The number of fused-ring (bicyclic) bond motifs is 1. The zero-order chi connectivity index (χ0) is 11.0. The van der Waals surface area contributed by atoms with Crippen molar-refractivity contribution in [1.29, 1.82) is 5.41 Å². The van der Waals surface area contributed by atoms with Crippen molar-refractivity contribution in [3.05, 3.63) is 0 Å². The lowest BCUT2D eigenvalue weighted by atomic mass is 10.1. The van der Waals surface area contributed by atoms with Gasteiger partial charge in [0.1, 0.15) is 11.9 Å². The molecule has 0 aliphatic carbocycles. The summed E-state index contributed by atoms with van der Waals surface area (Å²) in [6.45, 7) is 5.10. The van der Waals surface area contributed by atoms with Crippen LogP contribution in [0.25, 0.3) is 0 Å². The Morgan fingerprint density at radius 2 is 1.94 bits per heavy atom. The first-order chi connectivity index (χ1) is 7.84. The van der Waals surface area contributed by atoms with Gasteiger partial charge in [-0.2, -0.15) is 0 Å². The summed E-state index contributed by atoms with van der Waals surface area (Å²) >= 11 is 0. The van der Waals surface area contributed by atoms with Crippen LogP contribution >= 0.6 is 0 Å². The number of hydrogen-bond donors (Lipinski definition) is 1. The summed E-state index contributed by atoms with van der Waals surface area (Å²) in [4.78, 5) is 4.71. The van der Waals surface area contributed by atoms with Crippen LogP contribution in [0, 0.1) is 5.41 Å². The van der Waals surface area contributed by atoms with E-state index >= 15 is 0 Å². The molecule has 3 aliphatic rings. The van der Waals surface area contributed by atoms with Crippen LogP contribution in [0.2, 0.25) is 0 Å². The summed E-state index contributed by atoms with van der Waals surface area (Å²) in [6.07, 6.45) is 5.09. The Labute approximate surface area is 97.1 Å². The third-order valence-electron chi connectivity index (χ3n) is 4.14. The molecule has 0 aromatic carbocycles. The average Bonchev–Trinajstić information content (AvgIpc) is 2.98. The summed E-state index contributed by atoms with van der Waals surface area (Å²) in [5, 5.41) is 8.21. The second-order valence-corrected chi connectivity index (χ2v) is 5.19. The van der Waals surface area contributed by atoms with Crippen molar-refractivity contribution in [2.24, 2.45) is 0 Å². The molecule has 0 aromatic rings. The largest absolute Gasteiger partial charge is 0.367 e. The number of morpholine rings is 1. The van der Waals surface area contributed by atoms with Crippen LogP contribution < -0.4 is 0 Å². The van der Waals surface area contributed by atoms with Gasteiger partial charge in [-0.1, -0.05) is 0 Å². The molecule has 4 nitrogen and oxygen atoms in total. The maximum Gasteiger partial charge on any atom is 0.127 e. The number of ether oxygens (including phenoxy) is 1. The summed E-state index contributed by atoms with van der Waals surface area (Å²) in [5.41, 5.74) is 0. The van der Waals surface area contributed by atoms with Crippen LogP contribution in [0.3, 0.4) is 0 Å². The zero-order valence-corrected chi connectivity index (χ0v) is 9.82. The minimum absolute atomic E-state index is 0.0347. The van der Waals surface area contributed by atoms with E-state index in [0.717, 1.165) is 32.1 Å². The quantitative estimate of drug-likeness (QED) is 0.531. The summed E-state index contributed by atoms with van der Waals surface area (Å²) in [6, 6.07) is 0.641. The predicted octanol–water partition coefficient (Wildman–Crippen LogP) is 0.923. The molecule has 2 atom stereocenters. The Morgan fingerprint density at radius 1 is 1.12 bits per heavy atom. The molecule has 2 unspecified atom stereocenters. The second kappa shape index (κ2) is 4.34. The highest BCUT2D eigenvalue weighted by molar-refractivity contribution is 5.84. The van der Waals surface area contributed by atoms with E-state index in [1.54, 1.807) is 0 Å². The molecule has 4 heteroatoms. The molecule has 16 heavy (non-hydrogen) atoms. The van der Waals surface area contributed by atoms with Gasteiger partial charge >= 0.3 is 0 Å². The van der Waals surface area contributed by atoms with Crippen LogP contribution in [0.4, 0.5) is 0 Å². The second-order valence-electron chi connectivity index (χ2n) is 5.19. The Balaban J connectivity index is 1.60. The van der Waals surface area contributed by atoms with E-state index in [1.165, 1.54) is 32.2 Å². The molecule has 0 amide bonds. The first-order valence-electron chi connectivity index (χ1n) is 6.53. The predicted molar refractivity (Wildman–Crippen MR) is 62.9 cm³/mol. The highest BCUT2D eigenvalue weighted by Gasteiger charge is 2.35. The van der Waals surface area contributed by atoms with E-state index < -0.39 is 0 Å². The van der Waals surface area contributed by atoms with Gasteiger partial charge in [0.05, 0.1) is 6.61 Å². The van der Waals surface area contributed by atoms with Crippen molar-refractivity contribution in [3.63, 3.8) is 0 Å². The fourth-order valence-electron chi connectivity index (χ4n) is 3.14. The minimum Gasteiger partial charge on any atom is -0.367 e. The van der Waals surface area contributed by atoms with Gasteiger partial charge in [-0.05, 0) is 32.2 Å². The van der Waals surface area contributed by atoms with Gasteiger partial charge in [-0.25, -0.2) is 0 Å². The van der Waals surface area contributed by atoms with Crippen molar-refractivity contribution in [1.82, 2.24) is 9.80 Å². The molecule has 0 saturated carbocycles. The Kier molecular flexibility index (Phi) is 2.86. The summed E-state index contributed by atoms with van der Waals surface area (Å²) in [5.74, 6) is 0.725. The molecule has 3 fully saturated rings. The van der Waals surface area contributed by atoms with Gasteiger partial charge in [0.15, 0.2) is 0 Å². The molecule has 0 radical (unpaired) electrons. The van der Waals surface area contributed by atoms with Gasteiger partial charge in [-0.3, -0.25) is 10.3 Å². The standard InChI is InChI=1S/C12H21N3O/c13-12(14-5-1-2-6-14)11-8-15-7-3-4-10(15)9-16-11/h10-11,13H,1-9H2. The number of rotatable bonds is 1. The lowest BCUT2D eigenvalue weighted by Crippen LogP contribution is -2.52. The van der Waals surface area contributed by atoms with Crippen molar-refractivity contribution < 1.29 is 4.74 Å². The van der Waals surface area contributed by atoms with E-state index in [-0.39, 0.29) is 6.10 Å². The average molecular weight is 223 g/mol. The number of nitrogens with zero attached hydrogens (tertiary/aromatic N) is 2. The molecular weight excluding hydrogens is 202 g/mol. The lowest BCUT2D eigenvalue weighted by Gasteiger charge is -2.37. The van der Waals surface area contributed by atoms with Crippen molar-refractivity contribution in [2.45, 2.75) is 37.8 Å². The van der Waals surface area contributed by atoms with E-state index in [0.29, 0.717) is 6.04 Å². The topological polar surface area (TPSA) is 39.6 Å². The molecule has 90 valence electrons. The lowest BCUT2D eigenvalue weighted by molar-refractivity contribution is -0.0209. The number of likely N-dealkylation sites (tertiary alicyclic amines) is 1. The molecule has 0 aromatic heterocycles. The van der Waals surface area contributed by atoms with E-state index in [2.05, 4.69) is 9.80 Å². The van der Waals surface area contributed by atoms with Crippen molar-refractivity contribution in [3.8, 4) is 0 Å². The normalized spacial score (nSPS) is 35.4. The Bertz CT molecular complexity index is 275. The van der Waals surface area contributed by atoms with Crippen LogP contribution in [0.15, 0.2) is 0 Å². The van der Waals surface area contributed by atoms with Crippen LogP contribution in [-0.2, 0) is 4.74 Å². The van der Waals surface area contributed by atoms with E-state index in [9.17, 15) is 0 Å². The summed E-state index contributed by atoms with van der Waals surface area (Å²) in [7, 11) is 0. The van der Waals surface area contributed by atoms with Gasteiger partial charge in [0.25, 0.3) is 0 Å². The molecule has 3 saturated heterocycles. The third-order valence-corrected chi connectivity index (χ3v) is 4.14. The third kappa shape index (κ3) is 1.84. The smallest absolute Gasteiger partial charge is 0.127 e. The maximum atomic E-state index is 8.21. The first kappa shape index (κ1) is 10.5. The number of amidine groups is 1. The minimum atomic E-state index is 0.0347. The van der Waals surface area contributed by atoms with Gasteiger partial charge in [0.2, 0.25) is 0 Å². The van der Waals surface area contributed by atoms with Crippen molar-refractivity contribution in [2.75, 3.05) is 32.8 Å².